The highest BCUT2D eigenvalue weighted by atomic mass is 35.5. The number of benzene rings is 2. The van der Waals surface area contributed by atoms with Crippen molar-refractivity contribution in [3.05, 3.63) is 57.1 Å². The Hall–Kier alpha value is -2.48. The van der Waals surface area contributed by atoms with Gasteiger partial charge in [0.25, 0.3) is 0 Å². The van der Waals surface area contributed by atoms with Gasteiger partial charge in [0.2, 0.25) is 5.91 Å². The summed E-state index contributed by atoms with van der Waals surface area (Å²) in [6, 6.07) is 8.75. The molecule has 2 unspecified atom stereocenters. The fraction of sp³-hybridized carbons (Fsp3) is 0.548. The van der Waals surface area contributed by atoms with Crippen molar-refractivity contribution in [2.45, 2.75) is 81.1 Å². The molecule has 40 heavy (non-hydrogen) atoms. The van der Waals surface area contributed by atoms with Gasteiger partial charge in [-0.05, 0) is 80.3 Å². The van der Waals surface area contributed by atoms with E-state index in [-0.39, 0.29) is 36.1 Å². The number of carbonyl (C=O) groups excluding carboxylic acids is 2. The molecule has 2 bridgehead atoms. The van der Waals surface area contributed by atoms with E-state index >= 15 is 0 Å². The summed E-state index contributed by atoms with van der Waals surface area (Å²) in [5, 5.41) is 11.9. The third kappa shape index (κ3) is 3.73. The summed E-state index contributed by atoms with van der Waals surface area (Å²) in [7, 11) is 1.83. The molecular weight excluding hydrogens is 551 g/mol. The van der Waals surface area contributed by atoms with Crippen LogP contribution in [0.2, 0.25) is 10.0 Å². The number of likely N-dealkylation sites (N-methyl/N-ethyl adjacent to an activating group) is 1. The van der Waals surface area contributed by atoms with Gasteiger partial charge < -0.3 is 19.5 Å². The van der Waals surface area contributed by atoms with Crippen LogP contribution in [0.1, 0.15) is 55.7 Å². The van der Waals surface area contributed by atoms with Crippen LogP contribution < -0.4 is 4.74 Å². The molecule has 0 radical (unpaired) electrons. The molecule has 9 heteroatoms. The van der Waals surface area contributed by atoms with E-state index < -0.39 is 17.1 Å². The number of ether oxygens (including phenoxy) is 2. The van der Waals surface area contributed by atoms with E-state index in [4.69, 9.17) is 32.7 Å². The van der Waals surface area contributed by atoms with Crippen LogP contribution in [0.3, 0.4) is 0 Å². The van der Waals surface area contributed by atoms with Crippen LogP contribution in [0.25, 0.3) is 0 Å². The largest absolute Gasteiger partial charge is 0.504 e. The molecule has 7 nitrogen and oxygen atoms in total. The van der Waals surface area contributed by atoms with Gasteiger partial charge in [0.15, 0.2) is 11.5 Å². The number of esters is 1. The van der Waals surface area contributed by atoms with Crippen LogP contribution in [0, 0.1) is 5.92 Å². The number of aromatic hydroxyl groups is 1. The predicted molar refractivity (Wildman–Crippen MR) is 151 cm³/mol. The Labute approximate surface area is 244 Å². The van der Waals surface area contributed by atoms with Crippen LogP contribution in [0.5, 0.6) is 11.5 Å². The van der Waals surface area contributed by atoms with Crippen LogP contribution in [0.4, 0.5) is 0 Å². The van der Waals surface area contributed by atoms with E-state index in [2.05, 4.69) is 4.90 Å². The SMILES string of the molecule is CC(=O)O[C@@]12CCC(N(C)C(=O)Cc3ccc(Cl)c(Cl)c3)C3Oc4c(O)ccc5c4[C@@]31CCN(CC1CC1)[C@@H]2C5. The van der Waals surface area contributed by atoms with Crippen molar-refractivity contribution in [3.8, 4) is 11.5 Å². The number of hydrogen-bond donors (Lipinski definition) is 1. The summed E-state index contributed by atoms with van der Waals surface area (Å²) in [4.78, 5) is 30.8. The summed E-state index contributed by atoms with van der Waals surface area (Å²) in [6.07, 6.45) is 4.98. The van der Waals surface area contributed by atoms with E-state index in [1.165, 1.54) is 19.8 Å². The molecule has 2 aromatic rings. The van der Waals surface area contributed by atoms with Crippen molar-refractivity contribution in [3.63, 3.8) is 0 Å². The molecule has 2 aliphatic heterocycles. The number of halogens is 2. The molecule has 1 saturated heterocycles. The first-order valence-electron chi connectivity index (χ1n) is 14.3. The fourth-order valence-electron chi connectivity index (χ4n) is 8.42. The molecule has 2 saturated carbocycles. The molecule has 0 aromatic heterocycles. The lowest BCUT2D eigenvalue weighted by atomic mass is 9.48. The Morgan fingerprint density at radius 1 is 1.15 bits per heavy atom. The zero-order chi connectivity index (χ0) is 28.0. The quantitative estimate of drug-likeness (QED) is 0.486. The summed E-state index contributed by atoms with van der Waals surface area (Å²) in [6.45, 7) is 3.38. The number of nitrogens with zero attached hydrogens (tertiary/aromatic N) is 2. The van der Waals surface area contributed by atoms with Gasteiger partial charge in [0, 0.05) is 26.1 Å². The highest BCUT2D eigenvalue weighted by Gasteiger charge is 2.75. The molecule has 5 aliphatic rings. The first kappa shape index (κ1) is 26.4. The molecule has 5 atom stereocenters. The van der Waals surface area contributed by atoms with Gasteiger partial charge in [-0.15, -0.1) is 0 Å². The Morgan fingerprint density at radius 2 is 1.95 bits per heavy atom. The number of carbonyl (C=O) groups is 2. The summed E-state index contributed by atoms with van der Waals surface area (Å²) >= 11 is 12.3. The second kappa shape index (κ2) is 9.27. The van der Waals surface area contributed by atoms with Crippen molar-refractivity contribution in [1.29, 1.82) is 0 Å². The first-order chi connectivity index (χ1) is 19.1. The van der Waals surface area contributed by atoms with E-state index in [1.807, 2.05) is 19.2 Å². The van der Waals surface area contributed by atoms with Crippen LogP contribution in [-0.4, -0.2) is 70.7 Å². The van der Waals surface area contributed by atoms with E-state index in [0.29, 0.717) is 34.6 Å². The van der Waals surface area contributed by atoms with Crippen molar-refractivity contribution in [1.82, 2.24) is 9.80 Å². The highest BCUT2D eigenvalue weighted by molar-refractivity contribution is 6.42. The molecule has 3 fully saturated rings. The molecule has 2 aromatic carbocycles. The number of piperidine rings is 1. The van der Waals surface area contributed by atoms with Gasteiger partial charge >= 0.3 is 5.97 Å². The minimum absolute atomic E-state index is 0.0259. The third-order valence-electron chi connectivity index (χ3n) is 10.2. The molecule has 3 aliphatic carbocycles. The Kier molecular flexibility index (Phi) is 6.12. The second-order valence-electron chi connectivity index (χ2n) is 12.4. The fourth-order valence-corrected chi connectivity index (χ4v) is 8.74. The van der Waals surface area contributed by atoms with Crippen LogP contribution >= 0.6 is 23.2 Å². The molecule has 1 N–H and O–H groups in total. The van der Waals surface area contributed by atoms with Gasteiger partial charge in [-0.1, -0.05) is 35.3 Å². The van der Waals surface area contributed by atoms with E-state index in [1.54, 1.807) is 23.1 Å². The number of rotatable bonds is 6. The number of phenolic OH excluding ortho intramolecular Hbond substituents is 1. The Bertz CT molecular complexity index is 1410. The lowest BCUT2D eigenvalue weighted by Crippen LogP contribution is -2.79. The average molecular weight is 586 g/mol. The molecule has 1 spiro atoms. The zero-order valence-electron chi connectivity index (χ0n) is 22.8. The molecule has 212 valence electrons. The third-order valence-corrected chi connectivity index (χ3v) is 11.0. The Balaban J connectivity index is 1.30. The number of phenols is 1. The molecule has 2 heterocycles. The van der Waals surface area contributed by atoms with Crippen molar-refractivity contribution < 1.29 is 24.2 Å². The topological polar surface area (TPSA) is 79.3 Å². The van der Waals surface area contributed by atoms with Crippen LogP contribution in [0.15, 0.2) is 30.3 Å². The number of likely N-dealkylation sites (tertiary alicyclic amines) is 1. The molecule has 7 rings (SSSR count). The smallest absolute Gasteiger partial charge is 0.303 e. The molecular formula is C31H34Cl2N2O5. The number of amides is 1. The highest BCUT2D eigenvalue weighted by Crippen LogP contribution is 2.67. The zero-order valence-corrected chi connectivity index (χ0v) is 24.3. The predicted octanol–water partition coefficient (Wildman–Crippen LogP) is 4.90. The van der Waals surface area contributed by atoms with E-state index in [0.717, 1.165) is 42.6 Å². The van der Waals surface area contributed by atoms with Gasteiger partial charge in [0.05, 0.1) is 34.0 Å². The normalized spacial score (nSPS) is 31.8. The minimum Gasteiger partial charge on any atom is -0.504 e. The van der Waals surface area contributed by atoms with Crippen molar-refractivity contribution >= 4 is 35.1 Å². The maximum atomic E-state index is 13.7. The first-order valence-corrected chi connectivity index (χ1v) is 15.1. The second-order valence-corrected chi connectivity index (χ2v) is 13.2. The maximum Gasteiger partial charge on any atom is 0.303 e. The Morgan fingerprint density at radius 3 is 2.67 bits per heavy atom. The van der Waals surface area contributed by atoms with Crippen molar-refractivity contribution in [2.24, 2.45) is 5.92 Å². The van der Waals surface area contributed by atoms with Crippen LogP contribution in [-0.2, 0) is 32.6 Å². The van der Waals surface area contributed by atoms with Crippen molar-refractivity contribution in [2.75, 3.05) is 20.1 Å². The van der Waals surface area contributed by atoms with Gasteiger partial charge in [-0.2, -0.15) is 0 Å². The molecule has 1 amide bonds. The average Bonchev–Trinajstić information content (AvgIpc) is 3.65. The van der Waals surface area contributed by atoms with Gasteiger partial charge in [0.1, 0.15) is 11.7 Å². The lowest BCUT2D eigenvalue weighted by Gasteiger charge is -2.65. The summed E-state index contributed by atoms with van der Waals surface area (Å²) in [5.41, 5.74) is 1.49. The van der Waals surface area contributed by atoms with Gasteiger partial charge in [-0.3, -0.25) is 14.5 Å². The lowest BCUT2D eigenvalue weighted by molar-refractivity contribution is -0.223. The monoisotopic (exact) mass is 584 g/mol. The van der Waals surface area contributed by atoms with E-state index in [9.17, 15) is 14.7 Å². The van der Waals surface area contributed by atoms with Gasteiger partial charge in [-0.25, -0.2) is 0 Å². The minimum atomic E-state index is -0.785. The summed E-state index contributed by atoms with van der Waals surface area (Å²) < 4.78 is 13.2. The maximum absolute atomic E-state index is 13.7. The standard InChI is InChI=1S/C31H34Cl2N2O5/c1-17(36)40-31-10-9-23(34(2)26(38)14-19-5-7-21(32)22(33)13-19)29-30(31)11-12-35(16-18-3-4-18)25(31)15-20-6-8-24(37)28(39-29)27(20)30/h5-8,13,18,23,25,29,37H,3-4,9-12,14-16H2,1-2H3/t23?,25-,29?,30+,31-/m1/s1. The number of hydrogen-bond acceptors (Lipinski definition) is 6. The summed E-state index contributed by atoms with van der Waals surface area (Å²) in [5.74, 6) is 0.947.